The number of hydrogen-bond donors (Lipinski definition) is 2. The lowest BCUT2D eigenvalue weighted by Crippen LogP contribution is -2.27. The monoisotopic (exact) mass is 172 g/mol. The molecule has 0 spiro atoms. The Morgan fingerprint density at radius 3 is 2.08 bits per heavy atom. The van der Waals surface area contributed by atoms with Crippen LogP contribution in [0.4, 0.5) is 0 Å². The van der Waals surface area contributed by atoms with Crippen LogP contribution in [-0.4, -0.2) is 22.4 Å². The first kappa shape index (κ1) is 11.7. The lowest BCUT2D eigenvalue weighted by molar-refractivity contribution is 0.0302. The summed E-state index contributed by atoms with van der Waals surface area (Å²) >= 11 is 0. The lowest BCUT2D eigenvalue weighted by Gasteiger charge is -2.25. The summed E-state index contributed by atoms with van der Waals surface area (Å²) in [7, 11) is 0. The molecule has 0 bridgehead atoms. The van der Waals surface area contributed by atoms with Gasteiger partial charge in [0, 0.05) is 0 Å². The van der Waals surface area contributed by atoms with Gasteiger partial charge in [-0.15, -0.1) is 0 Å². The van der Waals surface area contributed by atoms with E-state index in [2.05, 4.69) is 0 Å². The summed E-state index contributed by atoms with van der Waals surface area (Å²) < 4.78 is 0. The normalized spacial score (nSPS) is 13.6. The fourth-order valence-corrected chi connectivity index (χ4v) is 1.17. The highest BCUT2D eigenvalue weighted by Gasteiger charge is 2.22. The van der Waals surface area contributed by atoms with E-state index in [1.54, 1.807) is 0 Å². The molecule has 0 unspecified atom stereocenters. The fraction of sp³-hybridized carbons (Fsp3) is 0.800. The largest absolute Gasteiger partial charge is 0.392 e. The standard InChI is InChI=1S/C10H20O2/c1-4-9(8-11)7-10(12,5-2)6-3/h4,11-12H,5-8H2,1-3H3/b9-4+. The zero-order valence-electron chi connectivity index (χ0n) is 8.30. The van der Waals surface area contributed by atoms with Crippen molar-refractivity contribution in [1.82, 2.24) is 0 Å². The molecule has 0 aromatic carbocycles. The minimum Gasteiger partial charge on any atom is -0.392 e. The predicted molar refractivity (Wildman–Crippen MR) is 51.0 cm³/mol. The van der Waals surface area contributed by atoms with Gasteiger partial charge in [-0.25, -0.2) is 0 Å². The van der Waals surface area contributed by atoms with E-state index in [0.717, 1.165) is 18.4 Å². The Labute approximate surface area is 74.9 Å². The minimum absolute atomic E-state index is 0.0544. The number of aliphatic hydroxyl groups is 2. The van der Waals surface area contributed by atoms with Gasteiger partial charge in [-0.05, 0) is 31.8 Å². The number of aliphatic hydroxyl groups excluding tert-OH is 1. The molecule has 2 heteroatoms. The van der Waals surface area contributed by atoms with E-state index in [-0.39, 0.29) is 6.61 Å². The van der Waals surface area contributed by atoms with E-state index in [0.29, 0.717) is 6.42 Å². The third-order valence-electron chi connectivity index (χ3n) is 2.48. The summed E-state index contributed by atoms with van der Waals surface area (Å²) in [5.41, 5.74) is 0.297. The molecule has 0 aromatic rings. The summed E-state index contributed by atoms with van der Waals surface area (Å²) in [6.45, 7) is 5.87. The molecule has 12 heavy (non-hydrogen) atoms. The van der Waals surface area contributed by atoms with E-state index >= 15 is 0 Å². The highest BCUT2D eigenvalue weighted by Crippen LogP contribution is 2.23. The van der Waals surface area contributed by atoms with Gasteiger partial charge in [0.2, 0.25) is 0 Å². The van der Waals surface area contributed by atoms with Crippen molar-refractivity contribution in [2.24, 2.45) is 0 Å². The van der Waals surface area contributed by atoms with E-state index in [1.165, 1.54) is 0 Å². The molecule has 0 radical (unpaired) electrons. The molecule has 72 valence electrons. The maximum absolute atomic E-state index is 9.91. The minimum atomic E-state index is -0.620. The predicted octanol–water partition coefficient (Wildman–Crippen LogP) is 1.87. The van der Waals surface area contributed by atoms with Gasteiger partial charge in [-0.3, -0.25) is 0 Å². The zero-order chi connectivity index (χ0) is 9.61. The van der Waals surface area contributed by atoms with Crippen LogP contribution < -0.4 is 0 Å². The van der Waals surface area contributed by atoms with Crippen molar-refractivity contribution in [3.05, 3.63) is 11.6 Å². The average Bonchev–Trinajstić information content (AvgIpc) is 2.14. The first-order chi connectivity index (χ1) is 5.61. The van der Waals surface area contributed by atoms with E-state index in [1.807, 2.05) is 26.8 Å². The zero-order valence-corrected chi connectivity index (χ0v) is 8.30. The van der Waals surface area contributed by atoms with Gasteiger partial charge >= 0.3 is 0 Å². The summed E-state index contributed by atoms with van der Waals surface area (Å²) in [5, 5.41) is 18.8. The maximum atomic E-state index is 9.91. The first-order valence-electron chi connectivity index (χ1n) is 4.59. The number of rotatable bonds is 5. The second-order valence-electron chi connectivity index (χ2n) is 3.21. The molecule has 0 aliphatic rings. The number of hydrogen-bond acceptors (Lipinski definition) is 2. The van der Waals surface area contributed by atoms with Crippen molar-refractivity contribution >= 4 is 0 Å². The molecule has 2 nitrogen and oxygen atoms in total. The molecule has 0 fully saturated rings. The molecule has 0 saturated heterocycles. The Kier molecular flexibility index (Phi) is 5.18. The van der Waals surface area contributed by atoms with Gasteiger partial charge in [0.15, 0.2) is 0 Å². The van der Waals surface area contributed by atoms with Gasteiger partial charge in [0.25, 0.3) is 0 Å². The molecule has 0 amide bonds. The van der Waals surface area contributed by atoms with Crippen molar-refractivity contribution in [2.75, 3.05) is 6.61 Å². The van der Waals surface area contributed by atoms with Crippen LogP contribution >= 0.6 is 0 Å². The fourth-order valence-electron chi connectivity index (χ4n) is 1.17. The number of allylic oxidation sites excluding steroid dienone is 1. The first-order valence-corrected chi connectivity index (χ1v) is 4.59. The molecule has 0 atom stereocenters. The molecule has 0 aliphatic heterocycles. The van der Waals surface area contributed by atoms with Gasteiger partial charge in [-0.1, -0.05) is 19.9 Å². The topological polar surface area (TPSA) is 40.5 Å². The quantitative estimate of drug-likeness (QED) is 0.621. The molecule has 2 N–H and O–H groups in total. The maximum Gasteiger partial charge on any atom is 0.0680 e. The summed E-state index contributed by atoms with van der Waals surface area (Å²) in [5.74, 6) is 0. The molecular weight excluding hydrogens is 152 g/mol. The molecule has 0 aliphatic carbocycles. The lowest BCUT2D eigenvalue weighted by atomic mass is 9.89. The van der Waals surface area contributed by atoms with Crippen molar-refractivity contribution in [3.63, 3.8) is 0 Å². The average molecular weight is 172 g/mol. The van der Waals surface area contributed by atoms with Crippen molar-refractivity contribution in [2.45, 2.75) is 45.6 Å². The van der Waals surface area contributed by atoms with Crippen LogP contribution in [0.15, 0.2) is 11.6 Å². The van der Waals surface area contributed by atoms with Crippen LogP contribution in [0.1, 0.15) is 40.0 Å². The van der Waals surface area contributed by atoms with E-state index in [9.17, 15) is 5.11 Å². The molecular formula is C10H20O2. The Hall–Kier alpha value is -0.340. The third-order valence-corrected chi connectivity index (χ3v) is 2.48. The van der Waals surface area contributed by atoms with Gasteiger partial charge in [0.05, 0.1) is 12.2 Å². The van der Waals surface area contributed by atoms with Crippen LogP contribution in [0.2, 0.25) is 0 Å². The van der Waals surface area contributed by atoms with Crippen LogP contribution in [0.25, 0.3) is 0 Å². The van der Waals surface area contributed by atoms with Crippen LogP contribution in [0.3, 0.4) is 0 Å². The van der Waals surface area contributed by atoms with E-state index in [4.69, 9.17) is 5.11 Å². The van der Waals surface area contributed by atoms with Gasteiger partial charge in [0.1, 0.15) is 0 Å². The van der Waals surface area contributed by atoms with Crippen LogP contribution in [0, 0.1) is 0 Å². The van der Waals surface area contributed by atoms with Crippen LogP contribution in [-0.2, 0) is 0 Å². The van der Waals surface area contributed by atoms with Gasteiger partial charge in [-0.2, -0.15) is 0 Å². The molecule has 0 heterocycles. The molecule has 0 aromatic heterocycles. The smallest absolute Gasteiger partial charge is 0.0680 e. The van der Waals surface area contributed by atoms with E-state index < -0.39 is 5.60 Å². The van der Waals surface area contributed by atoms with Crippen molar-refractivity contribution < 1.29 is 10.2 Å². The second-order valence-corrected chi connectivity index (χ2v) is 3.21. The van der Waals surface area contributed by atoms with Crippen LogP contribution in [0.5, 0.6) is 0 Å². The Balaban J connectivity index is 4.19. The Bertz CT molecular complexity index is 146. The SMILES string of the molecule is C/C=C(/CO)CC(O)(CC)CC. The summed E-state index contributed by atoms with van der Waals surface area (Å²) in [4.78, 5) is 0. The third kappa shape index (κ3) is 3.37. The Morgan fingerprint density at radius 1 is 1.33 bits per heavy atom. The summed E-state index contributed by atoms with van der Waals surface area (Å²) in [6.07, 6.45) is 3.94. The highest BCUT2D eigenvalue weighted by atomic mass is 16.3. The van der Waals surface area contributed by atoms with Gasteiger partial charge < -0.3 is 10.2 Å². The Morgan fingerprint density at radius 2 is 1.83 bits per heavy atom. The van der Waals surface area contributed by atoms with Crippen molar-refractivity contribution in [3.8, 4) is 0 Å². The second kappa shape index (κ2) is 5.33. The van der Waals surface area contributed by atoms with Crippen molar-refractivity contribution in [1.29, 1.82) is 0 Å². The molecule has 0 rings (SSSR count). The molecule has 0 saturated carbocycles. The summed E-state index contributed by atoms with van der Waals surface area (Å²) in [6, 6.07) is 0. The highest BCUT2D eigenvalue weighted by molar-refractivity contribution is 5.05.